The van der Waals surface area contributed by atoms with Crippen LogP contribution in [0.15, 0.2) is 30.6 Å². The molecule has 1 amide bonds. The van der Waals surface area contributed by atoms with E-state index in [0.717, 1.165) is 11.3 Å². The molecule has 0 bridgehead atoms. The Hall–Kier alpha value is -1.95. The van der Waals surface area contributed by atoms with Crippen LogP contribution in [0.3, 0.4) is 0 Å². The van der Waals surface area contributed by atoms with Gasteiger partial charge < -0.3 is 9.72 Å². The summed E-state index contributed by atoms with van der Waals surface area (Å²) in [6.45, 7) is 2.22. The number of pyridine rings is 1. The summed E-state index contributed by atoms with van der Waals surface area (Å²) in [7, 11) is 0. The number of hydrogen-bond donors (Lipinski definition) is 1. The third kappa shape index (κ3) is 1.74. The second-order valence-corrected chi connectivity index (χ2v) is 4.68. The SMILES string of the molecule is C[C@@H]1NC(=S)N(Cc2cn3ccccc3n2)C1=O. The van der Waals surface area contributed by atoms with Crippen molar-refractivity contribution in [2.75, 3.05) is 0 Å². The van der Waals surface area contributed by atoms with Gasteiger partial charge in [-0.05, 0) is 31.3 Å². The molecule has 3 heterocycles. The summed E-state index contributed by atoms with van der Waals surface area (Å²) in [4.78, 5) is 17.9. The molecule has 1 fully saturated rings. The van der Waals surface area contributed by atoms with Crippen molar-refractivity contribution in [2.24, 2.45) is 0 Å². The molecule has 0 spiro atoms. The van der Waals surface area contributed by atoms with Gasteiger partial charge in [0.2, 0.25) is 0 Å². The number of nitrogens with one attached hydrogen (secondary N) is 1. The smallest absolute Gasteiger partial charge is 0.251 e. The van der Waals surface area contributed by atoms with Gasteiger partial charge >= 0.3 is 0 Å². The van der Waals surface area contributed by atoms with Crippen molar-refractivity contribution in [2.45, 2.75) is 19.5 Å². The normalized spacial score (nSPS) is 19.6. The van der Waals surface area contributed by atoms with Crippen LogP contribution in [0.2, 0.25) is 0 Å². The molecule has 0 unspecified atom stereocenters. The zero-order valence-electron chi connectivity index (χ0n) is 9.83. The van der Waals surface area contributed by atoms with Crippen molar-refractivity contribution >= 4 is 28.9 Å². The number of rotatable bonds is 2. The molecule has 1 atom stereocenters. The van der Waals surface area contributed by atoms with Crippen LogP contribution in [0.4, 0.5) is 0 Å². The largest absolute Gasteiger partial charge is 0.351 e. The van der Waals surface area contributed by atoms with E-state index in [0.29, 0.717) is 11.7 Å². The van der Waals surface area contributed by atoms with E-state index >= 15 is 0 Å². The van der Waals surface area contributed by atoms with E-state index in [1.165, 1.54) is 0 Å². The highest BCUT2D eigenvalue weighted by molar-refractivity contribution is 7.80. The van der Waals surface area contributed by atoms with E-state index in [1.807, 2.05) is 35.0 Å². The maximum absolute atomic E-state index is 11.9. The minimum atomic E-state index is -0.241. The summed E-state index contributed by atoms with van der Waals surface area (Å²) >= 11 is 5.13. The first-order valence-corrected chi connectivity index (χ1v) is 6.10. The van der Waals surface area contributed by atoms with Crippen LogP contribution >= 0.6 is 12.2 Å². The Morgan fingerprint density at radius 3 is 3.00 bits per heavy atom. The number of amides is 1. The van der Waals surface area contributed by atoms with Gasteiger partial charge in [0, 0.05) is 12.4 Å². The van der Waals surface area contributed by atoms with Gasteiger partial charge in [-0.15, -0.1) is 0 Å². The first-order valence-electron chi connectivity index (χ1n) is 5.69. The Morgan fingerprint density at radius 2 is 2.33 bits per heavy atom. The van der Waals surface area contributed by atoms with E-state index in [4.69, 9.17) is 12.2 Å². The topological polar surface area (TPSA) is 49.6 Å². The molecule has 1 aliphatic heterocycles. The molecular weight excluding hydrogens is 248 g/mol. The van der Waals surface area contributed by atoms with Crippen molar-refractivity contribution < 1.29 is 4.79 Å². The molecule has 0 radical (unpaired) electrons. The van der Waals surface area contributed by atoms with Gasteiger partial charge in [-0.25, -0.2) is 4.98 Å². The number of nitrogens with zero attached hydrogens (tertiary/aromatic N) is 3. The highest BCUT2D eigenvalue weighted by Crippen LogP contribution is 2.12. The number of carbonyl (C=O) groups is 1. The number of imidazole rings is 1. The van der Waals surface area contributed by atoms with Gasteiger partial charge in [0.1, 0.15) is 11.7 Å². The van der Waals surface area contributed by atoms with Crippen molar-refractivity contribution in [3.63, 3.8) is 0 Å². The second-order valence-electron chi connectivity index (χ2n) is 4.29. The maximum Gasteiger partial charge on any atom is 0.251 e. The number of fused-ring (bicyclic) bond motifs is 1. The number of thiocarbonyl (C=S) groups is 1. The van der Waals surface area contributed by atoms with Crippen LogP contribution in [0.5, 0.6) is 0 Å². The third-order valence-corrected chi connectivity index (χ3v) is 3.29. The van der Waals surface area contributed by atoms with Crippen LogP contribution in [0.1, 0.15) is 12.6 Å². The Kier molecular flexibility index (Phi) is 2.52. The molecule has 3 rings (SSSR count). The summed E-state index contributed by atoms with van der Waals surface area (Å²) in [5, 5.41) is 3.42. The average Bonchev–Trinajstić information content (AvgIpc) is 2.86. The molecular formula is C12H12N4OS. The Labute approximate surface area is 109 Å². The number of aromatic nitrogens is 2. The fraction of sp³-hybridized carbons (Fsp3) is 0.250. The molecule has 0 aromatic carbocycles. The summed E-state index contributed by atoms with van der Waals surface area (Å²) in [5.74, 6) is -0.00273. The number of carbonyl (C=O) groups excluding carboxylic acids is 1. The fourth-order valence-electron chi connectivity index (χ4n) is 2.03. The van der Waals surface area contributed by atoms with Crippen molar-refractivity contribution in [1.82, 2.24) is 19.6 Å². The van der Waals surface area contributed by atoms with Gasteiger partial charge in [-0.1, -0.05) is 6.07 Å². The van der Waals surface area contributed by atoms with Gasteiger partial charge in [0.05, 0.1) is 12.2 Å². The molecule has 5 nitrogen and oxygen atoms in total. The standard InChI is InChI=1S/C12H12N4OS/c1-8-11(17)16(12(18)13-8)7-9-6-15-5-3-2-4-10(15)14-9/h2-6,8H,7H2,1H3,(H,13,18)/t8-/m0/s1. The molecule has 6 heteroatoms. The van der Waals surface area contributed by atoms with Gasteiger partial charge in [-0.3, -0.25) is 9.69 Å². The van der Waals surface area contributed by atoms with E-state index in [2.05, 4.69) is 10.3 Å². The maximum atomic E-state index is 11.9. The van der Waals surface area contributed by atoms with E-state index in [1.54, 1.807) is 11.8 Å². The zero-order chi connectivity index (χ0) is 12.7. The average molecular weight is 260 g/mol. The molecule has 0 saturated carbocycles. The van der Waals surface area contributed by atoms with Crippen LogP contribution in [0, 0.1) is 0 Å². The van der Waals surface area contributed by atoms with Crippen LogP contribution < -0.4 is 5.32 Å². The molecule has 2 aromatic heterocycles. The van der Waals surface area contributed by atoms with Crippen molar-refractivity contribution in [3.8, 4) is 0 Å². The summed E-state index contributed by atoms with van der Waals surface area (Å²) in [5.41, 5.74) is 1.69. The number of hydrogen-bond acceptors (Lipinski definition) is 3. The predicted molar refractivity (Wildman–Crippen MR) is 70.9 cm³/mol. The van der Waals surface area contributed by atoms with E-state index in [9.17, 15) is 4.79 Å². The predicted octanol–water partition coefficient (Wildman–Crippen LogP) is 0.940. The Balaban J connectivity index is 1.88. The first kappa shape index (κ1) is 11.2. The third-order valence-electron chi connectivity index (χ3n) is 2.96. The second kappa shape index (κ2) is 4.06. The minimum Gasteiger partial charge on any atom is -0.351 e. The lowest BCUT2D eigenvalue weighted by molar-refractivity contribution is -0.127. The molecule has 0 aliphatic carbocycles. The molecule has 2 aromatic rings. The molecule has 92 valence electrons. The Morgan fingerprint density at radius 1 is 1.50 bits per heavy atom. The lowest BCUT2D eigenvalue weighted by atomic mass is 10.3. The molecule has 1 aliphatic rings. The lowest BCUT2D eigenvalue weighted by Gasteiger charge is -2.12. The summed E-state index contributed by atoms with van der Waals surface area (Å²) in [6.07, 6.45) is 3.84. The minimum absolute atomic E-state index is 0.00273. The highest BCUT2D eigenvalue weighted by Gasteiger charge is 2.32. The molecule has 1 saturated heterocycles. The van der Waals surface area contributed by atoms with Crippen LogP contribution in [-0.4, -0.2) is 31.3 Å². The molecule has 18 heavy (non-hydrogen) atoms. The summed E-state index contributed by atoms with van der Waals surface area (Å²) in [6, 6.07) is 5.55. The Bertz CT molecular complexity index is 603. The monoisotopic (exact) mass is 260 g/mol. The molecule has 1 N–H and O–H groups in total. The van der Waals surface area contributed by atoms with Gasteiger partial charge in [0.15, 0.2) is 5.11 Å². The zero-order valence-corrected chi connectivity index (χ0v) is 10.6. The van der Waals surface area contributed by atoms with Crippen LogP contribution in [0.25, 0.3) is 5.65 Å². The van der Waals surface area contributed by atoms with E-state index in [-0.39, 0.29) is 11.9 Å². The quantitative estimate of drug-likeness (QED) is 0.816. The van der Waals surface area contributed by atoms with E-state index < -0.39 is 0 Å². The van der Waals surface area contributed by atoms with Crippen molar-refractivity contribution in [1.29, 1.82) is 0 Å². The lowest BCUT2D eigenvalue weighted by Crippen LogP contribution is -2.30. The van der Waals surface area contributed by atoms with Crippen molar-refractivity contribution in [3.05, 3.63) is 36.3 Å². The van der Waals surface area contributed by atoms with Crippen LogP contribution in [-0.2, 0) is 11.3 Å². The van der Waals surface area contributed by atoms with Gasteiger partial charge in [-0.2, -0.15) is 0 Å². The fourth-order valence-corrected chi connectivity index (χ4v) is 2.37. The summed E-state index contributed by atoms with van der Waals surface area (Å²) < 4.78 is 1.93. The first-order chi connectivity index (χ1) is 8.65. The highest BCUT2D eigenvalue weighted by atomic mass is 32.1. The van der Waals surface area contributed by atoms with Gasteiger partial charge in [0.25, 0.3) is 5.91 Å².